The zero-order chi connectivity index (χ0) is 20.6. The van der Waals surface area contributed by atoms with Gasteiger partial charge in [-0.3, -0.25) is 4.79 Å². The molecule has 0 aromatic heterocycles. The fourth-order valence-corrected chi connectivity index (χ4v) is 4.03. The lowest BCUT2D eigenvalue weighted by Gasteiger charge is -2.31. The average molecular weight is 383 g/mol. The van der Waals surface area contributed by atoms with Crippen LogP contribution in [0.1, 0.15) is 29.2 Å². The van der Waals surface area contributed by atoms with Crippen LogP contribution in [-0.4, -0.2) is 10.9 Å². The third-order valence-electron chi connectivity index (χ3n) is 5.52. The molecule has 3 nitrogen and oxygen atoms in total. The van der Waals surface area contributed by atoms with E-state index >= 15 is 0 Å². The molecule has 0 amide bonds. The van der Waals surface area contributed by atoms with Crippen molar-refractivity contribution in [3.05, 3.63) is 107 Å². The van der Waals surface area contributed by atoms with E-state index in [0.29, 0.717) is 33.4 Å². The molecule has 0 bridgehead atoms. The molecule has 0 fully saturated rings. The highest BCUT2D eigenvalue weighted by atomic mass is 19.1. The maximum Gasteiger partial charge on any atom is 0.170 e. The average Bonchev–Trinajstić information content (AvgIpc) is 2.97. The predicted octanol–water partition coefficient (Wildman–Crippen LogP) is 4.71. The summed E-state index contributed by atoms with van der Waals surface area (Å²) in [6.07, 6.45) is 0. The summed E-state index contributed by atoms with van der Waals surface area (Å²) in [5.74, 6) is -1.37. The Morgan fingerprint density at radius 2 is 1.66 bits per heavy atom. The first-order valence-corrected chi connectivity index (χ1v) is 9.30. The summed E-state index contributed by atoms with van der Waals surface area (Å²) in [5, 5.41) is 21.3. The molecule has 2 atom stereocenters. The largest absolute Gasteiger partial charge is 0.380 e. The van der Waals surface area contributed by atoms with Crippen molar-refractivity contribution >= 4 is 16.9 Å². The molecule has 29 heavy (non-hydrogen) atoms. The Kier molecular flexibility index (Phi) is 4.62. The Bertz CT molecular complexity index is 1160. The molecule has 3 aromatic rings. The lowest BCUT2D eigenvalue weighted by atomic mass is 9.78. The van der Waals surface area contributed by atoms with Gasteiger partial charge in [-0.2, -0.15) is 5.26 Å². The van der Waals surface area contributed by atoms with Crippen LogP contribution in [0.4, 0.5) is 4.39 Å². The van der Waals surface area contributed by atoms with E-state index in [1.54, 1.807) is 55.5 Å². The Morgan fingerprint density at radius 1 is 0.966 bits per heavy atom. The van der Waals surface area contributed by atoms with Gasteiger partial charge in [0.25, 0.3) is 0 Å². The summed E-state index contributed by atoms with van der Waals surface area (Å²) in [4.78, 5) is 13.3. The first-order chi connectivity index (χ1) is 14.0. The van der Waals surface area contributed by atoms with Crippen molar-refractivity contribution in [1.29, 1.82) is 5.26 Å². The summed E-state index contributed by atoms with van der Waals surface area (Å²) in [5.41, 5.74) is 1.35. The van der Waals surface area contributed by atoms with Crippen molar-refractivity contribution in [3.63, 3.8) is 0 Å². The minimum Gasteiger partial charge on any atom is -0.380 e. The monoisotopic (exact) mass is 383 g/mol. The Labute approximate surface area is 168 Å². The normalized spacial score (nSPS) is 21.3. The highest BCUT2D eigenvalue weighted by molar-refractivity contribution is 6.33. The second-order valence-corrected chi connectivity index (χ2v) is 7.17. The van der Waals surface area contributed by atoms with Gasteiger partial charge >= 0.3 is 0 Å². The van der Waals surface area contributed by atoms with E-state index in [1.165, 1.54) is 12.1 Å². The topological polar surface area (TPSA) is 61.1 Å². The van der Waals surface area contributed by atoms with Gasteiger partial charge < -0.3 is 5.11 Å². The molecule has 4 heteroatoms. The van der Waals surface area contributed by atoms with E-state index < -0.39 is 17.3 Å². The van der Waals surface area contributed by atoms with E-state index in [-0.39, 0.29) is 5.78 Å². The number of Topliss-reactive ketones (excluding diaryl/α,β-unsaturated/α-hetero) is 1. The Morgan fingerprint density at radius 3 is 2.31 bits per heavy atom. The summed E-state index contributed by atoms with van der Waals surface area (Å²) >= 11 is 0. The number of ketones is 1. The third-order valence-corrected chi connectivity index (χ3v) is 5.52. The van der Waals surface area contributed by atoms with Crippen molar-refractivity contribution in [3.8, 4) is 6.07 Å². The molecule has 0 saturated heterocycles. The molecule has 1 aliphatic carbocycles. The van der Waals surface area contributed by atoms with Gasteiger partial charge in [0.1, 0.15) is 11.4 Å². The van der Waals surface area contributed by atoms with Crippen molar-refractivity contribution in [2.24, 2.45) is 5.92 Å². The number of allylic oxidation sites excluding steroid dienone is 1. The second-order valence-electron chi connectivity index (χ2n) is 7.17. The van der Waals surface area contributed by atoms with Crippen LogP contribution < -0.4 is 0 Å². The summed E-state index contributed by atoms with van der Waals surface area (Å²) in [7, 11) is 0. The first kappa shape index (κ1) is 18.8. The Hall–Kier alpha value is -3.55. The number of aliphatic hydroxyl groups is 1. The molecular weight excluding hydrogens is 365 g/mol. The van der Waals surface area contributed by atoms with E-state index in [9.17, 15) is 19.6 Å². The number of carbonyl (C=O) groups excluding carboxylic acids is 1. The molecule has 1 aliphatic rings. The summed E-state index contributed by atoms with van der Waals surface area (Å²) < 4.78 is 13.5. The summed E-state index contributed by atoms with van der Waals surface area (Å²) in [6, 6.07) is 23.6. The maximum absolute atomic E-state index is 13.5. The van der Waals surface area contributed by atoms with Crippen LogP contribution in [0.5, 0.6) is 0 Å². The van der Waals surface area contributed by atoms with Crippen LogP contribution in [0, 0.1) is 23.1 Å². The molecule has 0 unspecified atom stereocenters. The minimum absolute atomic E-state index is 0.222. The molecule has 142 valence electrons. The molecule has 0 spiro atoms. The lowest BCUT2D eigenvalue weighted by Crippen LogP contribution is -2.33. The smallest absolute Gasteiger partial charge is 0.170 e. The number of hydrogen-bond donors (Lipinski definition) is 1. The zero-order valence-corrected chi connectivity index (χ0v) is 15.8. The third kappa shape index (κ3) is 2.97. The first-order valence-electron chi connectivity index (χ1n) is 9.30. The van der Waals surface area contributed by atoms with Crippen LogP contribution in [0.3, 0.4) is 0 Å². The molecular formula is C25H18FNO2. The van der Waals surface area contributed by atoms with Gasteiger partial charge in [-0.05, 0) is 41.0 Å². The van der Waals surface area contributed by atoms with E-state index in [0.717, 1.165) is 0 Å². The fourth-order valence-electron chi connectivity index (χ4n) is 4.03. The van der Waals surface area contributed by atoms with Gasteiger partial charge in [-0.1, -0.05) is 61.5 Å². The van der Waals surface area contributed by atoms with Crippen LogP contribution in [0.25, 0.3) is 11.1 Å². The van der Waals surface area contributed by atoms with Crippen LogP contribution >= 0.6 is 0 Å². The molecule has 0 heterocycles. The molecule has 0 radical (unpaired) electrons. The molecule has 4 rings (SSSR count). The fraction of sp³-hybridized carbons (Fsp3) is 0.120. The standard InChI is InChI=1S/C25H18FNO2/c1-16-24(28)22(18-10-12-21(26)13-11-18)23(19-7-5-6-17(14-19)15-27)25(16,29)20-8-3-2-4-9-20/h2-14,16,29H,1H3/t16-,25+/m1/s1. The molecule has 1 N–H and O–H groups in total. The highest BCUT2D eigenvalue weighted by Crippen LogP contribution is 2.53. The van der Waals surface area contributed by atoms with E-state index in [1.807, 2.05) is 18.2 Å². The number of rotatable bonds is 3. The number of hydrogen-bond acceptors (Lipinski definition) is 3. The maximum atomic E-state index is 13.5. The van der Waals surface area contributed by atoms with Crippen LogP contribution in [0.15, 0.2) is 78.9 Å². The number of carbonyl (C=O) groups is 1. The van der Waals surface area contributed by atoms with Crippen molar-refractivity contribution in [2.45, 2.75) is 12.5 Å². The molecule has 0 saturated carbocycles. The lowest BCUT2D eigenvalue weighted by molar-refractivity contribution is -0.121. The van der Waals surface area contributed by atoms with Gasteiger partial charge in [0.05, 0.1) is 17.6 Å². The second kappa shape index (κ2) is 7.12. The van der Waals surface area contributed by atoms with E-state index in [4.69, 9.17) is 0 Å². The summed E-state index contributed by atoms with van der Waals surface area (Å²) in [6.45, 7) is 1.69. The highest BCUT2D eigenvalue weighted by Gasteiger charge is 2.52. The molecule has 0 aliphatic heterocycles. The van der Waals surface area contributed by atoms with Gasteiger partial charge in [0, 0.05) is 11.1 Å². The van der Waals surface area contributed by atoms with Crippen LogP contribution in [0.2, 0.25) is 0 Å². The number of benzene rings is 3. The van der Waals surface area contributed by atoms with Gasteiger partial charge in [0.2, 0.25) is 0 Å². The number of halogens is 1. The quantitative estimate of drug-likeness (QED) is 0.712. The van der Waals surface area contributed by atoms with Gasteiger partial charge in [-0.25, -0.2) is 4.39 Å². The van der Waals surface area contributed by atoms with Crippen molar-refractivity contribution in [2.75, 3.05) is 0 Å². The molecule has 3 aromatic carbocycles. The minimum atomic E-state index is -1.57. The number of nitrogens with zero attached hydrogens (tertiary/aromatic N) is 1. The van der Waals surface area contributed by atoms with Gasteiger partial charge in [-0.15, -0.1) is 0 Å². The number of nitriles is 1. The van der Waals surface area contributed by atoms with Crippen molar-refractivity contribution < 1.29 is 14.3 Å². The Balaban J connectivity index is 2.07. The SMILES string of the molecule is C[C@@H]1C(=O)C(c2ccc(F)cc2)=C(c2cccc(C#N)c2)[C@@]1(O)c1ccccc1. The van der Waals surface area contributed by atoms with Crippen LogP contribution in [-0.2, 0) is 10.4 Å². The van der Waals surface area contributed by atoms with Gasteiger partial charge in [0.15, 0.2) is 5.78 Å². The van der Waals surface area contributed by atoms with E-state index in [2.05, 4.69) is 6.07 Å². The zero-order valence-electron chi connectivity index (χ0n) is 15.8. The predicted molar refractivity (Wildman–Crippen MR) is 109 cm³/mol. The van der Waals surface area contributed by atoms with Crippen molar-refractivity contribution in [1.82, 2.24) is 0 Å².